The van der Waals surface area contributed by atoms with Crippen LogP contribution in [0.3, 0.4) is 0 Å². The van der Waals surface area contributed by atoms with Crippen molar-refractivity contribution in [3.63, 3.8) is 0 Å². The lowest BCUT2D eigenvalue weighted by molar-refractivity contribution is -0.193. The molecule has 1 saturated heterocycles. The molecule has 2 aliphatic carbocycles. The number of esters is 2. The monoisotopic (exact) mass is 478 g/mol. The van der Waals surface area contributed by atoms with Crippen molar-refractivity contribution in [1.29, 1.82) is 0 Å². The predicted molar refractivity (Wildman–Crippen MR) is 125 cm³/mol. The van der Waals surface area contributed by atoms with Gasteiger partial charge in [-0.1, -0.05) is 26.0 Å². The van der Waals surface area contributed by atoms with E-state index in [2.05, 4.69) is 6.92 Å². The van der Waals surface area contributed by atoms with Crippen molar-refractivity contribution >= 4 is 17.7 Å². The maximum Gasteiger partial charge on any atom is 0.343 e. The van der Waals surface area contributed by atoms with Gasteiger partial charge in [-0.3, -0.25) is 9.59 Å². The molecule has 0 spiro atoms. The number of rotatable bonds is 5. The van der Waals surface area contributed by atoms with Crippen LogP contribution in [0.5, 0.6) is 0 Å². The van der Waals surface area contributed by atoms with Crippen LogP contribution in [-0.2, 0) is 30.4 Å². The number of fused-ring (bicyclic) bond motifs is 3. The number of ketones is 1. The molecule has 7 nitrogen and oxygen atoms in total. The van der Waals surface area contributed by atoms with E-state index < -0.39 is 23.4 Å². The molecule has 0 bridgehead atoms. The normalized spacial score (nSPS) is 32.2. The number of allylic oxidation sites excluding steroid dienone is 2. The lowest BCUT2D eigenvalue weighted by Crippen LogP contribution is -2.58. The molecule has 1 aliphatic heterocycles. The van der Waals surface area contributed by atoms with Crippen molar-refractivity contribution in [2.24, 2.45) is 22.7 Å². The topological polar surface area (TPSA) is 92.0 Å². The fraction of sp³-hybridized carbons (Fsp3) is 0.464. The summed E-state index contributed by atoms with van der Waals surface area (Å²) in [5.74, 6) is -1.84. The van der Waals surface area contributed by atoms with Crippen molar-refractivity contribution in [3.05, 3.63) is 71.4 Å². The second-order valence-electron chi connectivity index (χ2n) is 10.5. The molecule has 0 unspecified atom stereocenters. The molecule has 2 heterocycles. The van der Waals surface area contributed by atoms with Crippen LogP contribution < -0.4 is 0 Å². The van der Waals surface area contributed by atoms with Gasteiger partial charge >= 0.3 is 11.9 Å². The maximum atomic E-state index is 13.9. The second-order valence-corrected chi connectivity index (χ2v) is 10.5. The molecular formula is C28H30O7. The van der Waals surface area contributed by atoms with Crippen LogP contribution in [0.2, 0.25) is 0 Å². The summed E-state index contributed by atoms with van der Waals surface area (Å²) in [6, 6.07) is 8.71. The van der Waals surface area contributed by atoms with Gasteiger partial charge in [0.05, 0.1) is 30.6 Å². The van der Waals surface area contributed by atoms with Crippen molar-refractivity contribution in [1.82, 2.24) is 0 Å². The van der Waals surface area contributed by atoms with Crippen LogP contribution in [0, 0.1) is 22.7 Å². The quantitative estimate of drug-likeness (QED) is 0.548. The van der Waals surface area contributed by atoms with Crippen LogP contribution in [-0.4, -0.2) is 24.8 Å². The Balaban J connectivity index is 1.41. The van der Waals surface area contributed by atoms with Crippen molar-refractivity contribution in [2.45, 2.75) is 52.2 Å². The Hall–Kier alpha value is -3.19. The van der Waals surface area contributed by atoms with E-state index in [1.54, 1.807) is 56.0 Å². The molecule has 1 aromatic carbocycles. The average molecular weight is 479 g/mol. The number of hydrogen-bond acceptors (Lipinski definition) is 7. The van der Waals surface area contributed by atoms with Gasteiger partial charge in [-0.25, -0.2) is 4.79 Å². The molecule has 2 fully saturated rings. The molecule has 0 amide bonds. The van der Waals surface area contributed by atoms with Gasteiger partial charge < -0.3 is 18.6 Å². The Bertz CT molecular complexity index is 1160. The first-order valence-corrected chi connectivity index (χ1v) is 12.0. The molecule has 1 aromatic heterocycles. The summed E-state index contributed by atoms with van der Waals surface area (Å²) in [7, 11) is 1.61. The van der Waals surface area contributed by atoms with E-state index in [9.17, 15) is 14.4 Å². The molecule has 5 rings (SSSR count). The number of cyclic esters (lactones) is 1. The smallest absolute Gasteiger partial charge is 0.343 e. The number of furan rings is 1. The number of carbonyl (C=O) groups excluding carboxylic acids is 3. The summed E-state index contributed by atoms with van der Waals surface area (Å²) in [6.45, 7) is 4.57. The highest BCUT2D eigenvalue weighted by Gasteiger charge is 2.63. The van der Waals surface area contributed by atoms with Crippen molar-refractivity contribution in [3.8, 4) is 0 Å². The average Bonchev–Trinajstić information content (AvgIpc) is 3.36. The zero-order chi connectivity index (χ0) is 24.8. The summed E-state index contributed by atoms with van der Waals surface area (Å²) >= 11 is 0. The molecule has 5 atom stereocenters. The van der Waals surface area contributed by atoms with Gasteiger partial charge in [0.2, 0.25) is 5.78 Å². The lowest BCUT2D eigenvalue weighted by atomic mass is 9.46. The molecule has 0 N–H and O–H groups in total. The van der Waals surface area contributed by atoms with Gasteiger partial charge in [-0.05, 0) is 66.4 Å². The van der Waals surface area contributed by atoms with E-state index in [-0.39, 0.29) is 28.8 Å². The number of benzene rings is 1. The molecule has 184 valence electrons. The fourth-order valence-electron chi connectivity index (χ4n) is 6.46. The number of carbonyl (C=O) groups is 3. The van der Waals surface area contributed by atoms with E-state index in [1.165, 1.54) is 0 Å². The molecule has 7 heteroatoms. The van der Waals surface area contributed by atoms with Gasteiger partial charge in [0.15, 0.2) is 5.76 Å². The van der Waals surface area contributed by atoms with Crippen LogP contribution in [0.4, 0.5) is 0 Å². The highest BCUT2D eigenvalue weighted by atomic mass is 16.5. The fourth-order valence-corrected chi connectivity index (χ4v) is 6.46. The first-order chi connectivity index (χ1) is 16.7. The van der Waals surface area contributed by atoms with Crippen molar-refractivity contribution in [2.75, 3.05) is 7.11 Å². The standard InChI is InChI=1S/C28H30O7/c1-27-11-8-20-26(31)35-22(19-10-13-33-16-19)14-28(20,2)24(27)23(29)21(9-12-27)34-25(30)18-6-4-17(5-7-18)15-32-3/h4-7,9-10,13,16,20,22,24H,8,11-12,14-15H2,1-3H3/t20-,22-,24-,27-,28-/m0/s1. The summed E-state index contributed by atoms with van der Waals surface area (Å²) in [5.41, 5.74) is 1.13. The summed E-state index contributed by atoms with van der Waals surface area (Å²) in [6.07, 6.45) is 6.92. The van der Waals surface area contributed by atoms with Crippen molar-refractivity contribution < 1.29 is 33.0 Å². The molecule has 1 saturated carbocycles. The summed E-state index contributed by atoms with van der Waals surface area (Å²) < 4.78 is 21.7. The van der Waals surface area contributed by atoms with Crippen LogP contribution in [0.25, 0.3) is 0 Å². The van der Waals surface area contributed by atoms with Gasteiger partial charge in [0.1, 0.15) is 6.10 Å². The van der Waals surface area contributed by atoms with Gasteiger partial charge in [-0.2, -0.15) is 0 Å². The second kappa shape index (κ2) is 8.79. The third-order valence-corrected chi connectivity index (χ3v) is 8.20. The SMILES string of the molecule is COCc1ccc(C(=O)OC2=CC[C@]3(C)CC[C@H]4C(=O)O[C@H](c5ccoc5)C[C@]4(C)[C@H]3C2=O)cc1. The minimum Gasteiger partial charge on any atom is -0.472 e. The maximum absolute atomic E-state index is 13.9. The zero-order valence-corrected chi connectivity index (χ0v) is 20.2. The largest absolute Gasteiger partial charge is 0.472 e. The molecule has 3 aliphatic rings. The Morgan fingerprint density at radius 2 is 1.91 bits per heavy atom. The lowest BCUT2D eigenvalue weighted by Gasteiger charge is -2.58. The molecular weight excluding hydrogens is 448 g/mol. The van der Waals surface area contributed by atoms with Crippen LogP contribution in [0.15, 0.2) is 59.1 Å². The van der Waals surface area contributed by atoms with E-state index in [0.29, 0.717) is 31.4 Å². The molecule has 0 radical (unpaired) electrons. The highest BCUT2D eigenvalue weighted by Crippen LogP contribution is 2.63. The van der Waals surface area contributed by atoms with E-state index in [0.717, 1.165) is 17.5 Å². The van der Waals surface area contributed by atoms with E-state index >= 15 is 0 Å². The Morgan fingerprint density at radius 3 is 2.60 bits per heavy atom. The first kappa shape index (κ1) is 23.5. The number of hydrogen-bond donors (Lipinski definition) is 0. The Morgan fingerprint density at radius 1 is 1.14 bits per heavy atom. The van der Waals surface area contributed by atoms with Crippen LogP contribution in [0.1, 0.15) is 67.1 Å². The highest BCUT2D eigenvalue weighted by molar-refractivity contribution is 6.02. The van der Waals surface area contributed by atoms with E-state index in [1.807, 2.05) is 6.92 Å². The molecule has 35 heavy (non-hydrogen) atoms. The Labute approximate surface area is 204 Å². The van der Waals surface area contributed by atoms with E-state index in [4.69, 9.17) is 18.6 Å². The first-order valence-electron chi connectivity index (χ1n) is 12.0. The van der Waals surface area contributed by atoms with Gasteiger partial charge in [-0.15, -0.1) is 0 Å². The number of ether oxygens (including phenoxy) is 3. The number of methoxy groups -OCH3 is 1. The van der Waals surface area contributed by atoms with Crippen LogP contribution >= 0.6 is 0 Å². The third kappa shape index (κ3) is 4.01. The van der Waals surface area contributed by atoms with Gasteiger partial charge in [0, 0.05) is 18.6 Å². The third-order valence-electron chi connectivity index (χ3n) is 8.20. The molecule has 2 aromatic rings. The Kier molecular flexibility index (Phi) is 5.91. The minimum atomic E-state index is -0.630. The number of Topliss-reactive ketones (excluding diaryl/α,β-unsaturated/α-hetero) is 1. The predicted octanol–water partition coefficient (Wildman–Crippen LogP) is 5.17. The summed E-state index contributed by atoms with van der Waals surface area (Å²) in [4.78, 5) is 39.8. The minimum absolute atomic E-state index is 0.0686. The zero-order valence-electron chi connectivity index (χ0n) is 20.2. The van der Waals surface area contributed by atoms with Gasteiger partial charge in [0.25, 0.3) is 0 Å². The summed E-state index contributed by atoms with van der Waals surface area (Å²) in [5, 5.41) is 0.